The molecular weight excluding hydrogens is 212 g/mol. The van der Waals surface area contributed by atoms with Crippen molar-refractivity contribution in [3.63, 3.8) is 0 Å². The minimum absolute atomic E-state index is 0.0668. The molecule has 0 saturated heterocycles. The zero-order valence-electron chi connectivity index (χ0n) is 9.72. The number of hydrogen-bond acceptors (Lipinski definition) is 2. The molecule has 1 atom stereocenters. The highest BCUT2D eigenvalue weighted by atomic mass is 16.5. The number of methoxy groups -OCH3 is 1. The lowest BCUT2D eigenvalue weighted by Gasteiger charge is -2.12. The van der Waals surface area contributed by atoms with Crippen molar-refractivity contribution in [2.45, 2.75) is 12.7 Å². The van der Waals surface area contributed by atoms with E-state index in [2.05, 4.69) is 36.4 Å². The Hall–Kier alpha value is -1.80. The average molecular weight is 226 g/mol. The van der Waals surface area contributed by atoms with E-state index in [-0.39, 0.29) is 6.10 Å². The maximum Gasteiger partial charge on any atom is 0.118 e. The summed E-state index contributed by atoms with van der Waals surface area (Å²) in [6, 6.07) is 16.4. The number of rotatable bonds is 2. The summed E-state index contributed by atoms with van der Waals surface area (Å²) >= 11 is 0. The van der Waals surface area contributed by atoms with Crippen LogP contribution in [-0.4, -0.2) is 7.11 Å². The predicted octanol–water partition coefficient (Wildman–Crippen LogP) is 3.31. The number of ether oxygens (including phenoxy) is 2. The van der Waals surface area contributed by atoms with Crippen LogP contribution in [0.1, 0.15) is 22.8 Å². The molecule has 0 aliphatic carbocycles. The van der Waals surface area contributed by atoms with Crippen molar-refractivity contribution >= 4 is 0 Å². The van der Waals surface area contributed by atoms with Gasteiger partial charge in [-0.2, -0.15) is 0 Å². The van der Waals surface area contributed by atoms with Crippen LogP contribution in [0.15, 0.2) is 48.5 Å². The molecule has 0 aromatic heterocycles. The average Bonchev–Trinajstić information content (AvgIpc) is 2.83. The zero-order valence-corrected chi connectivity index (χ0v) is 9.72. The summed E-state index contributed by atoms with van der Waals surface area (Å²) in [5, 5.41) is 0. The minimum Gasteiger partial charge on any atom is -0.497 e. The van der Waals surface area contributed by atoms with Gasteiger partial charge in [0.2, 0.25) is 0 Å². The van der Waals surface area contributed by atoms with E-state index in [1.54, 1.807) is 7.11 Å². The van der Waals surface area contributed by atoms with Gasteiger partial charge >= 0.3 is 0 Å². The molecule has 3 rings (SSSR count). The molecule has 1 aliphatic heterocycles. The summed E-state index contributed by atoms with van der Waals surface area (Å²) in [4.78, 5) is 0. The molecule has 1 heterocycles. The van der Waals surface area contributed by atoms with E-state index in [0.29, 0.717) is 6.61 Å². The summed E-state index contributed by atoms with van der Waals surface area (Å²) in [6.07, 6.45) is 0.0668. The van der Waals surface area contributed by atoms with Crippen LogP contribution in [0.2, 0.25) is 0 Å². The Morgan fingerprint density at radius 2 is 1.82 bits per heavy atom. The van der Waals surface area contributed by atoms with E-state index in [1.165, 1.54) is 16.7 Å². The maximum absolute atomic E-state index is 5.84. The van der Waals surface area contributed by atoms with Crippen molar-refractivity contribution in [3.05, 3.63) is 65.2 Å². The topological polar surface area (TPSA) is 18.5 Å². The van der Waals surface area contributed by atoms with Crippen LogP contribution in [0.5, 0.6) is 5.75 Å². The second-order valence-electron chi connectivity index (χ2n) is 4.16. The fourth-order valence-electron chi connectivity index (χ4n) is 2.24. The van der Waals surface area contributed by atoms with Crippen LogP contribution < -0.4 is 4.74 Å². The Bertz CT molecular complexity index is 517. The summed E-state index contributed by atoms with van der Waals surface area (Å²) in [5.41, 5.74) is 3.74. The number of hydrogen-bond donors (Lipinski definition) is 0. The molecule has 0 spiro atoms. The van der Waals surface area contributed by atoms with Gasteiger partial charge in [-0.1, -0.05) is 36.4 Å². The molecule has 1 unspecified atom stereocenters. The molecule has 2 aromatic carbocycles. The fourth-order valence-corrected chi connectivity index (χ4v) is 2.24. The first kappa shape index (κ1) is 10.4. The van der Waals surface area contributed by atoms with Gasteiger partial charge in [-0.05, 0) is 28.8 Å². The smallest absolute Gasteiger partial charge is 0.118 e. The van der Waals surface area contributed by atoms with E-state index in [9.17, 15) is 0 Å². The first-order valence-electron chi connectivity index (χ1n) is 5.72. The Morgan fingerprint density at radius 3 is 2.59 bits per heavy atom. The van der Waals surface area contributed by atoms with E-state index in [1.807, 2.05) is 12.1 Å². The van der Waals surface area contributed by atoms with Gasteiger partial charge in [-0.3, -0.25) is 0 Å². The van der Waals surface area contributed by atoms with Crippen LogP contribution in [0.25, 0.3) is 0 Å². The molecule has 0 saturated carbocycles. The van der Waals surface area contributed by atoms with Crippen molar-refractivity contribution in [2.75, 3.05) is 7.11 Å². The van der Waals surface area contributed by atoms with Crippen molar-refractivity contribution in [3.8, 4) is 5.75 Å². The van der Waals surface area contributed by atoms with Crippen LogP contribution in [-0.2, 0) is 11.3 Å². The molecule has 86 valence electrons. The van der Waals surface area contributed by atoms with Gasteiger partial charge in [0.25, 0.3) is 0 Å². The molecule has 2 heteroatoms. The monoisotopic (exact) mass is 226 g/mol. The minimum atomic E-state index is 0.0668. The van der Waals surface area contributed by atoms with Crippen LogP contribution in [0, 0.1) is 0 Å². The highest BCUT2D eigenvalue weighted by Gasteiger charge is 2.23. The molecule has 0 bridgehead atoms. The first-order chi connectivity index (χ1) is 8.38. The van der Waals surface area contributed by atoms with Gasteiger partial charge in [-0.25, -0.2) is 0 Å². The highest BCUT2D eigenvalue weighted by Crippen LogP contribution is 2.35. The fraction of sp³-hybridized carbons (Fsp3) is 0.200. The molecule has 0 N–H and O–H groups in total. The van der Waals surface area contributed by atoms with Crippen molar-refractivity contribution in [1.29, 1.82) is 0 Å². The molecule has 1 aliphatic rings. The molecule has 0 radical (unpaired) electrons. The lowest BCUT2D eigenvalue weighted by molar-refractivity contribution is 0.0939. The molecule has 0 fully saturated rings. The van der Waals surface area contributed by atoms with E-state index >= 15 is 0 Å². The highest BCUT2D eigenvalue weighted by molar-refractivity contribution is 5.40. The van der Waals surface area contributed by atoms with Crippen molar-refractivity contribution in [2.24, 2.45) is 0 Å². The van der Waals surface area contributed by atoms with Crippen LogP contribution in [0.3, 0.4) is 0 Å². The molecular formula is C15H14O2. The Kier molecular flexibility index (Phi) is 2.57. The first-order valence-corrected chi connectivity index (χ1v) is 5.72. The van der Waals surface area contributed by atoms with Gasteiger partial charge in [0.15, 0.2) is 0 Å². The molecule has 17 heavy (non-hydrogen) atoms. The van der Waals surface area contributed by atoms with Gasteiger partial charge in [0.1, 0.15) is 11.9 Å². The lowest BCUT2D eigenvalue weighted by atomic mass is 9.99. The Morgan fingerprint density at radius 1 is 1.06 bits per heavy atom. The predicted molar refractivity (Wildman–Crippen MR) is 66.1 cm³/mol. The quantitative estimate of drug-likeness (QED) is 0.782. The SMILES string of the molecule is COc1ccc(C2OCc3ccccc32)cc1. The van der Waals surface area contributed by atoms with Gasteiger partial charge in [0, 0.05) is 0 Å². The third kappa shape index (κ3) is 1.81. The van der Waals surface area contributed by atoms with Crippen LogP contribution >= 0.6 is 0 Å². The summed E-state index contributed by atoms with van der Waals surface area (Å²) in [5.74, 6) is 0.875. The van der Waals surface area contributed by atoms with E-state index in [0.717, 1.165) is 5.75 Å². The van der Waals surface area contributed by atoms with Crippen LogP contribution in [0.4, 0.5) is 0 Å². The lowest BCUT2D eigenvalue weighted by Crippen LogP contribution is -1.98. The van der Waals surface area contributed by atoms with E-state index in [4.69, 9.17) is 9.47 Å². The molecule has 0 amide bonds. The summed E-state index contributed by atoms with van der Waals surface area (Å²) in [6.45, 7) is 0.701. The Labute approximate surface area is 101 Å². The van der Waals surface area contributed by atoms with E-state index < -0.39 is 0 Å². The van der Waals surface area contributed by atoms with Gasteiger partial charge in [-0.15, -0.1) is 0 Å². The number of fused-ring (bicyclic) bond motifs is 1. The summed E-state index contributed by atoms with van der Waals surface area (Å²) < 4.78 is 11.0. The van der Waals surface area contributed by atoms with Crippen molar-refractivity contribution < 1.29 is 9.47 Å². The Balaban J connectivity index is 1.95. The van der Waals surface area contributed by atoms with Gasteiger partial charge in [0.05, 0.1) is 13.7 Å². The van der Waals surface area contributed by atoms with Gasteiger partial charge < -0.3 is 9.47 Å². The molecule has 2 aromatic rings. The normalized spacial score (nSPS) is 17.8. The largest absolute Gasteiger partial charge is 0.497 e. The summed E-state index contributed by atoms with van der Waals surface area (Å²) in [7, 11) is 1.68. The van der Waals surface area contributed by atoms with Crippen molar-refractivity contribution in [1.82, 2.24) is 0 Å². The maximum atomic E-state index is 5.84. The molecule has 2 nitrogen and oxygen atoms in total. The second-order valence-corrected chi connectivity index (χ2v) is 4.16. The third-order valence-corrected chi connectivity index (χ3v) is 3.16. The third-order valence-electron chi connectivity index (χ3n) is 3.16. The number of benzene rings is 2. The second kappa shape index (κ2) is 4.22. The standard InChI is InChI=1S/C15H14O2/c1-16-13-8-6-11(7-9-13)15-14-5-3-2-4-12(14)10-17-15/h2-9,15H,10H2,1H3. The zero-order chi connectivity index (χ0) is 11.7.